The molecule has 0 bridgehead atoms. The number of rotatable bonds is 4. The number of fused-ring (bicyclic) bond motifs is 1. The van der Waals surface area contributed by atoms with Crippen molar-refractivity contribution < 1.29 is 9.59 Å². The minimum Gasteiger partial charge on any atom is -0.345 e. The van der Waals surface area contributed by atoms with E-state index < -0.39 is 0 Å². The Bertz CT molecular complexity index is 1020. The number of aromatic nitrogens is 1. The van der Waals surface area contributed by atoms with Gasteiger partial charge in [0.15, 0.2) is 0 Å². The van der Waals surface area contributed by atoms with Crippen LogP contribution in [-0.2, 0) is 4.79 Å². The summed E-state index contributed by atoms with van der Waals surface area (Å²) in [5.41, 5.74) is 2.74. The molecule has 2 aromatic carbocycles. The van der Waals surface area contributed by atoms with Crippen molar-refractivity contribution in [2.75, 3.05) is 27.2 Å². The van der Waals surface area contributed by atoms with Gasteiger partial charge in [-0.05, 0) is 23.1 Å². The molecule has 0 radical (unpaired) electrons. The van der Waals surface area contributed by atoms with Crippen molar-refractivity contribution in [3.05, 3.63) is 66.5 Å². The van der Waals surface area contributed by atoms with E-state index in [-0.39, 0.29) is 17.7 Å². The smallest absolute Gasteiger partial charge is 0.253 e. The first-order chi connectivity index (χ1) is 13.5. The summed E-state index contributed by atoms with van der Waals surface area (Å²) in [5, 5.41) is 2.24. The van der Waals surface area contributed by atoms with Crippen molar-refractivity contribution in [1.82, 2.24) is 14.8 Å². The number of likely N-dealkylation sites (tertiary alicyclic amines) is 1. The first-order valence-corrected chi connectivity index (χ1v) is 9.45. The van der Waals surface area contributed by atoms with E-state index in [1.807, 2.05) is 61.9 Å². The van der Waals surface area contributed by atoms with Gasteiger partial charge in [0.2, 0.25) is 5.91 Å². The van der Waals surface area contributed by atoms with E-state index in [0.29, 0.717) is 25.1 Å². The molecule has 0 N–H and O–H groups in total. The van der Waals surface area contributed by atoms with Crippen LogP contribution in [0, 0.1) is 5.92 Å². The van der Waals surface area contributed by atoms with E-state index in [1.165, 1.54) is 0 Å². The molecule has 0 aliphatic carbocycles. The van der Waals surface area contributed by atoms with Crippen molar-refractivity contribution >= 4 is 22.6 Å². The van der Waals surface area contributed by atoms with Gasteiger partial charge in [-0.1, -0.05) is 36.4 Å². The van der Waals surface area contributed by atoms with E-state index in [9.17, 15) is 9.59 Å². The standard InChI is InChI=1S/C23H23N3O2/c1-25-14-16(11-22(25)27)15-26(2)23(28)18-9-7-17(8-10-18)21-13-24-12-19-5-3-4-6-20(19)21/h3-10,12-13,16H,11,14-15H2,1-2H3. The normalized spacial score (nSPS) is 16.6. The molecule has 1 aliphatic heterocycles. The molecule has 0 saturated carbocycles. The van der Waals surface area contributed by atoms with Gasteiger partial charge in [0.05, 0.1) is 0 Å². The van der Waals surface area contributed by atoms with Gasteiger partial charge < -0.3 is 9.80 Å². The fourth-order valence-electron chi connectivity index (χ4n) is 3.91. The lowest BCUT2D eigenvalue weighted by atomic mass is 9.99. The zero-order chi connectivity index (χ0) is 19.7. The first-order valence-electron chi connectivity index (χ1n) is 9.45. The topological polar surface area (TPSA) is 53.5 Å². The van der Waals surface area contributed by atoms with Gasteiger partial charge in [0.25, 0.3) is 5.91 Å². The molecule has 2 heterocycles. The number of carbonyl (C=O) groups excluding carboxylic acids is 2. The number of carbonyl (C=O) groups is 2. The molecule has 1 saturated heterocycles. The lowest BCUT2D eigenvalue weighted by Gasteiger charge is -2.21. The van der Waals surface area contributed by atoms with Gasteiger partial charge >= 0.3 is 0 Å². The van der Waals surface area contributed by atoms with Crippen LogP contribution in [0.3, 0.4) is 0 Å². The number of pyridine rings is 1. The summed E-state index contributed by atoms with van der Waals surface area (Å²) in [6.45, 7) is 1.30. The third-order valence-corrected chi connectivity index (χ3v) is 5.41. The number of hydrogen-bond donors (Lipinski definition) is 0. The van der Waals surface area contributed by atoms with Crippen molar-refractivity contribution in [2.24, 2.45) is 5.92 Å². The highest BCUT2D eigenvalue weighted by atomic mass is 16.2. The predicted octanol–water partition coefficient (Wildman–Crippen LogP) is 3.45. The number of benzene rings is 2. The second kappa shape index (κ2) is 7.43. The Morgan fingerprint density at radius 3 is 2.61 bits per heavy atom. The summed E-state index contributed by atoms with van der Waals surface area (Å²) < 4.78 is 0. The summed E-state index contributed by atoms with van der Waals surface area (Å²) in [5.74, 6) is 0.330. The zero-order valence-electron chi connectivity index (χ0n) is 16.1. The molecule has 142 valence electrons. The van der Waals surface area contributed by atoms with E-state index >= 15 is 0 Å². The average molecular weight is 373 g/mol. The second-order valence-corrected chi connectivity index (χ2v) is 7.52. The Hall–Kier alpha value is -3.21. The lowest BCUT2D eigenvalue weighted by Crippen LogP contribution is -2.32. The Balaban J connectivity index is 1.51. The van der Waals surface area contributed by atoms with E-state index in [4.69, 9.17) is 0 Å². The van der Waals surface area contributed by atoms with Crippen LogP contribution in [-0.4, -0.2) is 53.8 Å². The molecular weight excluding hydrogens is 350 g/mol. The molecule has 0 spiro atoms. The van der Waals surface area contributed by atoms with Crippen LogP contribution in [0.5, 0.6) is 0 Å². The molecule has 1 atom stereocenters. The van der Waals surface area contributed by atoms with Gasteiger partial charge in [-0.15, -0.1) is 0 Å². The predicted molar refractivity (Wildman–Crippen MR) is 110 cm³/mol. The minimum absolute atomic E-state index is 0.0235. The number of nitrogens with zero attached hydrogens (tertiary/aromatic N) is 3. The van der Waals surface area contributed by atoms with Gasteiger partial charge in [0.1, 0.15) is 0 Å². The van der Waals surface area contributed by atoms with Crippen LogP contribution in [0.15, 0.2) is 60.9 Å². The monoisotopic (exact) mass is 373 g/mol. The lowest BCUT2D eigenvalue weighted by molar-refractivity contribution is -0.126. The summed E-state index contributed by atoms with van der Waals surface area (Å²) in [6.07, 6.45) is 4.23. The summed E-state index contributed by atoms with van der Waals surface area (Å²) in [7, 11) is 3.61. The largest absolute Gasteiger partial charge is 0.345 e. The molecule has 28 heavy (non-hydrogen) atoms. The first kappa shape index (κ1) is 18.2. The van der Waals surface area contributed by atoms with E-state index in [2.05, 4.69) is 11.1 Å². The molecular formula is C23H23N3O2. The molecule has 5 heteroatoms. The Morgan fingerprint density at radius 1 is 1.14 bits per heavy atom. The highest BCUT2D eigenvalue weighted by molar-refractivity contribution is 5.97. The Morgan fingerprint density at radius 2 is 1.89 bits per heavy atom. The highest BCUT2D eigenvalue weighted by Crippen LogP contribution is 2.28. The van der Waals surface area contributed by atoms with Gasteiger partial charge in [-0.25, -0.2) is 0 Å². The van der Waals surface area contributed by atoms with Crippen molar-refractivity contribution in [2.45, 2.75) is 6.42 Å². The highest BCUT2D eigenvalue weighted by Gasteiger charge is 2.28. The fraction of sp³-hybridized carbons (Fsp3) is 0.261. The SMILES string of the molecule is CN1CC(CN(C)C(=O)c2ccc(-c3cncc4ccccc34)cc2)CC1=O. The number of hydrogen-bond acceptors (Lipinski definition) is 3. The van der Waals surface area contributed by atoms with Gasteiger partial charge in [-0.2, -0.15) is 0 Å². The summed E-state index contributed by atoms with van der Waals surface area (Å²) in [4.78, 5) is 32.2. The van der Waals surface area contributed by atoms with E-state index in [1.54, 1.807) is 16.8 Å². The average Bonchev–Trinajstić information content (AvgIpc) is 3.04. The maximum Gasteiger partial charge on any atom is 0.253 e. The molecule has 4 rings (SSSR count). The maximum atomic E-state index is 12.8. The minimum atomic E-state index is -0.0235. The van der Waals surface area contributed by atoms with Crippen molar-refractivity contribution in [1.29, 1.82) is 0 Å². The third kappa shape index (κ3) is 3.48. The summed E-state index contributed by atoms with van der Waals surface area (Å²) >= 11 is 0. The molecule has 5 nitrogen and oxygen atoms in total. The Kier molecular flexibility index (Phi) is 4.82. The second-order valence-electron chi connectivity index (χ2n) is 7.52. The van der Waals surface area contributed by atoms with E-state index in [0.717, 1.165) is 21.9 Å². The van der Waals surface area contributed by atoms with Crippen LogP contribution in [0.2, 0.25) is 0 Å². The van der Waals surface area contributed by atoms with Crippen molar-refractivity contribution in [3.63, 3.8) is 0 Å². The molecule has 1 aromatic heterocycles. The Labute approximate surface area is 164 Å². The molecule has 1 aliphatic rings. The summed E-state index contributed by atoms with van der Waals surface area (Å²) in [6, 6.07) is 15.8. The van der Waals surface area contributed by atoms with Crippen LogP contribution in [0.4, 0.5) is 0 Å². The maximum absolute atomic E-state index is 12.8. The quantitative estimate of drug-likeness (QED) is 0.704. The van der Waals surface area contributed by atoms with Crippen LogP contribution < -0.4 is 0 Å². The van der Waals surface area contributed by atoms with Gasteiger partial charge in [0, 0.05) is 68.4 Å². The zero-order valence-corrected chi connectivity index (χ0v) is 16.1. The molecule has 1 fully saturated rings. The third-order valence-electron chi connectivity index (χ3n) is 5.41. The van der Waals surface area contributed by atoms with Crippen LogP contribution in [0.25, 0.3) is 21.9 Å². The fourth-order valence-corrected chi connectivity index (χ4v) is 3.91. The molecule has 2 amide bonds. The van der Waals surface area contributed by atoms with Crippen LogP contribution in [0.1, 0.15) is 16.8 Å². The van der Waals surface area contributed by atoms with Gasteiger partial charge in [-0.3, -0.25) is 14.6 Å². The molecule has 1 unspecified atom stereocenters. The molecule has 3 aromatic rings. The number of amides is 2. The van der Waals surface area contributed by atoms with Crippen molar-refractivity contribution in [3.8, 4) is 11.1 Å². The van der Waals surface area contributed by atoms with Crippen LogP contribution >= 0.6 is 0 Å².